The molecule has 1 aromatic rings. The van der Waals surface area contributed by atoms with Crippen molar-refractivity contribution < 1.29 is 9.72 Å². The van der Waals surface area contributed by atoms with Gasteiger partial charge < -0.3 is 4.90 Å². The number of carbonyl (C=O) groups is 1. The molecule has 2 rings (SSSR count). The van der Waals surface area contributed by atoms with Crippen LogP contribution < -0.4 is 0 Å². The lowest BCUT2D eigenvalue weighted by Crippen LogP contribution is -2.34. The first-order valence-electron chi connectivity index (χ1n) is 5.57. The SMILES string of the molecule is C[C@@H](C(=O)N1CCCC1)n1cc([N+](=O)[O-])cn1. The zero-order chi connectivity index (χ0) is 12.4. The lowest BCUT2D eigenvalue weighted by atomic mass is 10.3. The van der Waals surface area contributed by atoms with Crippen molar-refractivity contribution in [3.8, 4) is 0 Å². The van der Waals surface area contributed by atoms with Gasteiger partial charge in [-0.05, 0) is 19.8 Å². The molecule has 1 aliphatic heterocycles. The van der Waals surface area contributed by atoms with Crippen molar-refractivity contribution in [2.45, 2.75) is 25.8 Å². The lowest BCUT2D eigenvalue weighted by molar-refractivity contribution is -0.385. The Kier molecular flexibility index (Phi) is 3.08. The second-order valence-electron chi connectivity index (χ2n) is 4.14. The molecule has 1 fully saturated rings. The fourth-order valence-electron chi connectivity index (χ4n) is 1.95. The predicted octanol–water partition coefficient (Wildman–Crippen LogP) is 0.975. The highest BCUT2D eigenvalue weighted by Crippen LogP contribution is 2.17. The first kappa shape index (κ1) is 11.6. The number of carbonyl (C=O) groups excluding carboxylic acids is 1. The van der Waals surface area contributed by atoms with Crippen LogP contribution in [0.2, 0.25) is 0 Å². The summed E-state index contributed by atoms with van der Waals surface area (Å²) in [6, 6.07) is -0.484. The minimum absolute atomic E-state index is 0.0273. The maximum Gasteiger partial charge on any atom is 0.307 e. The van der Waals surface area contributed by atoms with Gasteiger partial charge in [0, 0.05) is 13.1 Å². The van der Waals surface area contributed by atoms with Crippen molar-refractivity contribution >= 4 is 11.6 Å². The fraction of sp³-hybridized carbons (Fsp3) is 0.600. The second-order valence-corrected chi connectivity index (χ2v) is 4.14. The highest BCUT2D eigenvalue weighted by Gasteiger charge is 2.25. The number of hydrogen-bond donors (Lipinski definition) is 0. The van der Waals surface area contributed by atoms with Crippen LogP contribution in [0.5, 0.6) is 0 Å². The van der Waals surface area contributed by atoms with Gasteiger partial charge in [-0.3, -0.25) is 19.6 Å². The van der Waals surface area contributed by atoms with Gasteiger partial charge in [0.1, 0.15) is 18.4 Å². The summed E-state index contributed by atoms with van der Waals surface area (Å²) in [7, 11) is 0. The smallest absolute Gasteiger partial charge is 0.307 e. The molecule has 0 aromatic carbocycles. The largest absolute Gasteiger partial charge is 0.341 e. The Morgan fingerprint density at radius 3 is 2.71 bits per heavy atom. The molecule has 2 heterocycles. The van der Waals surface area contributed by atoms with E-state index >= 15 is 0 Å². The minimum atomic E-state index is -0.517. The van der Waals surface area contributed by atoms with Crippen molar-refractivity contribution in [2.75, 3.05) is 13.1 Å². The summed E-state index contributed by atoms with van der Waals surface area (Å²) in [6.45, 7) is 3.25. The molecule has 1 aliphatic rings. The Bertz CT molecular complexity index is 437. The third kappa shape index (κ3) is 2.27. The van der Waals surface area contributed by atoms with E-state index in [0.29, 0.717) is 0 Å². The van der Waals surface area contributed by atoms with E-state index in [1.165, 1.54) is 10.9 Å². The molecular weight excluding hydrogens is 224 g/mol. The number of nitro groups is 1. The Hall–Kier alpha value is -1.92. The molecule has 7 nitrogen and oxygen atoms in total. The fourth-order valence-corrected chi connectivity index (χ4v) is 1.95. The van der Waals surface area contributed by atoms with Gasteiger partial charge in [-0.15, -0.1) is 0 Å². The van der Waals surface area contributed by atoms with Crippen LogP contribution >= 0.6 is 0 Å². The average Bonchev–Trinajstić information content (AvgIpc) is 2.97. The van der Waals surface area contributed by atoms with Gasteiger partial charge in [0.25, 0.3) is 0 Å². The van der Waals surface area contributed by atoms with Gasteiger partial charge in [-0.2, -0.15) is 5.10 Å². The van der Waals surface area contributed by atoms with Crippen molar-refractivity contribution in [1.82, 2.24) is 14.7 Å². The molecule has 0 unspecified atom stereocenters. The monoisotopic (exact) mass is 238 g/mol. The summed E-state index contributed by atoms with van der Waals surface area (Å²) < 4.78 is 1.35. The third-order valence-electron chi connectivity index (χ3n) is 2.97. The zero-order valence-electron chi connectivity index (χ0n) is 9.57. The van der Waals surface area contributed by atoms with E-state index < -0.39 is 11.0 Å². The van der Waals surface area contributed by atoms with Gasteiger partial charge in [-0.1, -0.05) is 0 Å². The molecule has 0 aliphatic carbocycles. The van der Waals surface area contributed by atoms with Gasteiger partial charge >= 0.3 is 5.69 Å². The molecule has 1 atom stereocenters. The summed E-state index contributed by atoms with van der Waals surface area (Å²) in [6.07, 6.45) is 4.50. The van der Waals surface area contributed by atoms with E-state index in [9.17, 15) is 14.9 Å². The molecule has 0 bridgehead atoms. The first-order valence-corrected chi connectivity index (χ1v) is 5.57. The number of likely N-dealkylation sites (tertiary alicyclic amines) is 1. The zero-order valence-corrected chi connectivity index (χ0v) is 9.57. The Balaban J connectivity index is 2.09. The standard InChI is InChI=1S/C10H14N4O3/c1-8(10(15)12-4-2-3-5-12)13-7-9(6-11-13)14(16)17/h6-8H,2-5H2,1H3/t8-/m0/s1. The van der Waals surface area contributed by atoms with Crippen LogP contribution in [0.15, 0.2) is 12.4 Å². The van der Waals surface area contributed by atoms with E-state index in [1.54, 1.807) is 11.8 Å². The minimum Gasteiger partial charge on any atom is -0.341 e. The van der Waals surface area contributed by atoms with Gasteiger partial charge in [0.2, 0.25) is 5.91 Å². The Labute approximate surface area is 98.2 Å². The van der Waals surface area contributed by atoms with Crippen LogP contribution in [-0.4, -0.2) is 38.6 Å². The normalized spacial score (nSPS) is 17.1. The average molecular weight is 238 g/mol. The number of rotatable bonds is 3. The Morgan fingerprint density at radius 2 is 2.18 bits per heavy atom. The van der Waals surface area contributed by atoms with Crippen molar-refractivity contribution in [3.63, 3.8) is 0 Å². The van der Waals surface area contributed by atoms with Gasteiger partial charge in [0.15, 0.2) is 0 Å². The van der Waals surface area contributed by atoms with E-state index in [-0.39, 0.29) is 11.6 Å². The molecule has 0 N–H and O–H groups in total. The topological polar surface area (TPSA) is 81.3 Å². The molecule has 0 saturated carbocycles. The van der Waals surface area contributed by atoms with Crippen LogP contribution in [-0.2, 0) is 4.79 Å². The van der Waals surface area contributed by atoms with E-state index in [0.717, 1.165) is 32.1 Å². The van der Waals surface area contributed by atoms with Crippen molar-refractivity contribution in [3.05, 3.63) is 22.5 Å². The van der Waals surface area contributed by atoms with Crippen LogP contribution in [0.25, 0.3) is 0 Å². The Morgan fingerprint density at radius 1 is 1.53 bits per heavy atom. The molecular formula is C10H14N4O3. The third-order valence-corrected chi connectivity index (χ3v) is 2.97. The number of hydrogen-bond acceptors (Lipinski definition) is 4. The quantitative estimate of drug-likeness (QED) is 0.580. The molecule has 7 heteroatoms. The number of nitrogens with zero attached hydrogens (tertiary/aromatic N) is 4. The molecule has 92 valence electrons. The van der Waals surface area contributed by atoms with E-state index in [2.05, 4.69) is 5.10 Å². The second kappa shape index (κ2) is 4.52. The summed E-state index contributed by atoms with van der Waals surface area (Å²) in [5, 5.41) is 14.4. The van der Waals surface area contributed by atoms with Crippen LogP contribution in [0.3, 0.4) is 0 Å². The van der Waals surface area contributed by atoms with Crippen LogP contribution in [0.1, 0.15) is 25.8 Å². The van der Waals surface area contributed by atoms with Gasteiger partial charge in [0.05, 0.1) is 4.92 Å². The highest BCUT2D eigenvalue weighted by molar-refractivity contribution is 5.80. The summed E-state index contributed by atoms with van der Waals surface area (Å²) in [5.74, 6) is -0.0273. The molecule has 17 heavy (non-hydrogen) atoms. The number of aromatic nitrogens is 2. The van der Waals surface area contributed by atoms with E-state index in [1.807, 2.05) is 0 Å². The molecule has 0 radical (unpaired) electrons. The maximum absolute atomic E-state index is 12.0. The van der Waals surface area contributed by atoms with Crippen molar-refractivity contribution in [2.24, 2.45) is 0 Å². The van der Waals surface area contributed by atoms with Crippen LogP contribution in [0.4, 0.5) is 5.69 Å². The lowest BCUT2D eigenvalue weighted by Gasteiger charge is -2.20. The number of amides is 1. The summed E-state index contributed by atoms with van der Waals surface area (Å²) in [4.78, 5) is 23.8. The van der Waals surface area contributed by atoms with Gasteiger partial charge in [-0.25, -0.2) is 0 Å². The highest BCUT2D eigenvalue weighted by atomic mass is 16.6. The molecule has 0 spiro atoms. The van der Waals surface area contributed by atoms with Crippen LogP contribution in [0, 0.1) is 10.1 Å². The molecule has 1 saturated heterocycles. The summed E-state index contributed by atoms with van der Waals surface area (Å²) >= 11 is 0. The summed E-state index contributed by atoms with van der Waals surface area (Å²) in [5.41, 5.74) is -0.0916. The first-order chi connectivity index (χ1) is 8.09. The van der Waals surface area contributed by atoms with Crippen molar-refractivity contribution in [1.29, 1.82) is 0 Å². The van der Waals surface area contributed by atoms with E-state index in [4.69, 9.17) is 0 Å². The maximum atomic E-state index is 12.0. The predicted molar refractivity (Wildman–Crippen MR) is 59.4 cm³/mol. The molecule has 1 aromatic heterocycles. The molecule has 1 amide bonds.